The van der Waals surface area contributed by atoms with E-state index >= 15 is 0 Å². The molecular weight excluding hydrogens is 268 g/mol. The number of benzene rings is 2. The van der Waals surface area contributed by atoms with E-state index in [2.05, 4.69) is 12.1 Å². The molecule has 2 N–H and O–H groups in total. The van der Waals surface area contributed by atoms with Gasteiger partial charge in [-0.05, 0) is 18.4 Å². The van der Waals surface area contributed by atoms with Crippen molar-refractivity contribution in [3.05, 3.63) is 69.8 Å². The number of nitro benzene ring substituents is 1. The molecule has 5 heteroatoms. The van der Waals surface area contributed by atoms with Crippen LogP contribution >= 0.6 is 0 Å². The van der Waals surface area contributed by atoms with E-state index in [9.17, 15) is 10.1 Å². The summed E-state index contributed by atoms with van der Waals surface area (Å²) in [6.07, 6.45) is 1.85. The normalized spacial score (nSPS) is 10.5. The van der Waals surface area contributed by atoms with Crippen LogP contribution in [0.1, 0.15) is 17.5 Å². The van der Waals surface area contributed by atoms with Gasteiger partial charge in [0, 0.05) is 18.2 Å². The van der Waals surface area contributed by atoms with E-state index < -0.39 is 4.92 Å². The topological polar surface area (TPSA) is 78.4 Å². The number of nitrogens with zero attached hydrogens (tertiary/aromatic N) is 1. The fourth-order valence-corrected chi connectivity index (χ4v) is 2.09. The average Bonchev–Trinajstić information content (AvgIpc) is 2.49. The maximum atomic E-state index is 10.8. The molecule has 0 aromatic heterocycles. The molecule has 5 nitrogen and oxygen atoms in total. The third-order valence-corrected chi connectivity index (χ3v) is 3.22. The van der Waals surface area contributed by atoms with E-state index in [-0.39, 0.29) is 11.4 Å². The largest absolute Gasteiger partial charge is 0.393 e. The number of aryl methyl sites for hydroxylation is 1. The van der Waals surface area contributed by atoms with Crippen molar-refractivity contribution >= 4 is 11.4 Å². The summed E-state index contributed by atoms with van der Waals surface area (Å²) in [5.41, 5.74) is 7.82. The summed E-state index contributed by atoms with van der Waals surface area (Å²) in [5.74, 6) is 0. The zero-order chi connectivity index (χ0) is 15.1. The van der Waals surface area contributed by atoms with Crippen LogP contribution in [0.15, 0.2) is 48.5 Å². The van der Waals surface area contributed by atoms with E-state index in [0.717, 1.165) is 12.8 Å². The van der Waals surface area contributed by atoms with Gasteiger partial charge in [0.2, 0.25) is 0 Å². The minimum atomic E-state index is -0.478. The van der Waals surface area contributed by atoms with Gasteiger partial charge in [-0.15, -0.1) is 0 Å². The minimum absolute atomic E-state index is 0.0691. The minimum Gasteiger partial charge on any atom is -0.393 e. The first-order valence-corrected chi connectivity index (χ1v) is 6.82. The number of nitrogens with two attached hydrogens (primary N) is 1. The standard InChI is InChI=1S/C16H18N2O3/c17-16-14(9-4-10-15(16)18(19)20)12-21-11-5-8-13-6-2-1-3-7-13/h1-4,6-7,9-10H,5,8,11-12,17H2. The monoisotopic (exact) mass is 286 g/mol. The Morgan fingerprint density at radius 3 is 2.57 bits per heavy atom. The zero-order valence-electron chi connectivity index (χ0n) is 11.7. The molecule has 0 saturated heterocycles. The van der Waals surface area contributed by atoms with Crippen molar-refractivity contribution in [2.75, 3.05) is 12.3 Å². The van der Waals surface area contributed by atoms with Gasteiger partial charge in [-0.3, -0.25) is 10.1 Å². The van der Waals surface area contributed by atoms with Gasteiger partial charge < -0.3 is 10.5 Å². The average molecular weight is 286 g/mol. The maximum Gasteiger partial charge on any atom is 0.292 e. The molecule has 2 aromatic carbocycles. The van der Waals surface area contributed by atoms with Crippen LogP contribution in [-0.4, -0.2) is 11.5 Å². The highest BCUT2D eigenvalue weighted by molar-refractivity contribution is 5.62. The smallest absolute Gasteiger partial charge is 0.292 e. The van der Waals surface area contributed by atoms with E-state index in [4.69, 9.17) is 10.5 Å². The predicted octanol–water partition coefficient (Wildman–Crippen LogP) is 3.33. The molecule has 0 fully saturated rings. The summed E-state index contributed by atoms with van der Waals surface area (Å²) >= 11 is 0. The van der Waals surface area contributed by atoms with Crippen molar-refractivity contribution in [3.8, 4) is 0 Å². The van der Waals surface area contributed by atoms with Crippen LogP contribution in [0.5, 0.6) is 0 Å². The third kappa shape index (κ3) is 4.29. The summed E-state index contributed by atoms with van der Waals surface area (Å²) in [5, 5.41) is 10.8. The second-order valence-electron chi connectivity index (χ2n) is 4.75. The lowest BCUT2D eigenvalue weighted by atomic mass is 10.1. The molecule has 0 aliphatic carbocycles. The Morgan fingerprint density at radius 1 is 1.10 bits per heavy atom. The number of rotatable bonds is 7. The van der Waals surface area contributed by atoms with Crippen LogP contribution in [0, 0.1) is 10.1 Å². The van der Waals surface area contributed by atoms with Crippen LogP contribution in [0.2, 0.25) is 0 Å². The number of ether oxygens (including phenoxy) is 1. The molecule has 0 amide bonds. The van der Waals surface area contributed by atoms with Gasteiger partial charge in [-0.2, -0.15) is 0 Å². The molecule has 0 bridgehead atoms. The van der Waals surface area contributed by atoms with Gasteiger partial charge in [0.25, 0.3) is 5.69 Å². The van der Waals surface area contributed by atoms with Gasteiger partial charge in [0.1, 0.15) is 5.69 Å². The Morgan fingerprint density at radius 2 is 1.86 bits per heavy atom. The lowest BCUT2D eigenvalue weighted by Crippen LogP contribution is -2.03. The number of nitrogen functional groups attached to an aromatic ring is 1. The highest BCUT2D eigenvalue weighted by atomic mass is 16.6. The zero-order valence-corrected chi connectivity index (χ0v) is 11.7. The van der Waals surface area contributed by atoms with Crippen LogP contribution in [-0.2, 0) is 17.8 Å². The molecular formula is C16H18N2O3. The molecule has 0 unspecified atom stereocenters. The predicted molar refractivity (Wildman–Crippen MR) is 81.9 cm³/mol. The first-order valence-electron chi connectivity index (χ1n) is 6.82. The highest BCUT2D eigenvalue weighted by Crippen LogP contribution is 2.25. The van der Waals surface area contributed by atoms with Gasteiger partial charge in [-0.1, -0.05) is 42.5 Å². The van der Waals surface area contributed by atoms with E-state index in [1.54, 1.807) is 12.1 Å². The number of para-hydroxylation sites is 1. The van der Waals surface area contributed by atoms with Gasteiger partial charge in [0.15, 0.2) is 0 Å². The first kappa shape index (κ1) is 15.0. The van der Waals surface area contributed by atoms with Gasteiger partial charge in [-0.25, -0.2) is 0 Å². The second kappa shape index (κ2) is 7.40. The van der Waals surface area contributed by atoms with Crippen molar-refractivity contribution in [1.82, 2.24) is 0 Å². The number of hydrogen-bond acceptors (Lipinski definition) is 4. The van der Waals surface area contributed by atoms with Crippen LogP contribution in [0.25, 0.3) is 0 Å². The number of hydrogen-bond donors (Lipinski definition) is 1. The lowest BCUT2D eigenvalue weighted by Gasteiger charge is -2.07. The highest BCUT2D eigenvalue weighted by Gasteiger charge is 2.13. The summed E-state index contributed by atoms with van der Waals surface area (Å²) in [4.78, 5) is 10.3. The van der Waals surface area contributed by atoms with Crippen LogP contribution < -0.4 is 5.73 Å². The van der Waals surface area contributed by atoms with Gasteiger partial charge in [0.05, 0.1) is 11.5 Å². The summed E-state index contributed by atoms with van der Waals surface area (Å²) < 4.78 is 5.55. The summed E-state index contributed by atoms with van der Waals surface area (Å²) in [6, 6.07) is 15.0. The fourth-order valence-electron chi connectivity index (χ4n) is 2.09. The molecule has 0 aliphatic heterocycles. The molecule has 0 heterocycles. The number of nitro groups is 1. The maximum absolute atomic E-state index is 10.8. The molecule has 2 rings (SSSR count). The van der Waals surface area contributed by atoms with Crippen molar-refractivity contribution in [1.29, 1.82) is 0 Å². The Kier molecular flexibility index (Phi) is 5.29. The molecule has 0 spiro atoms. The molecule has 21 heavy (non-hydrogen) atoms. The summed E-state index contributed by atoms with van der Waals surface area (Å²) in [7, 11) is 0. The molecule has 110 valence electrons. The van der Waals surface area contributed by atoms with Gasteiger partial charge >= 0.3 is 0 Å². The molecule has 0 aliphatic rings. The van der Waals surface area contributed by atoms with Crippen molar-refractivity contribution in [2.24, 2.45) is 0 Å². The lowest BCUT2D eigenvalue weighted by molar-refractivity contribution is -0.384. The molecule has 0 atom stereocenters. The Labute approximate surface area is 123 Å². The van der Waals surface area contributed by atoms with Crippen molar-refractivity contribution in [2.45, 2.75) is 19.4 Å². The van der Waals surface area contributed by atoms with Crippen LogP contribution in [0.3, 0.4) is 0 Å². The SMILES string of the molecule is Nc1c(COCCCc2ccccc2)cccc1[N+](=O)[O-]. The Hall–Kier alpha value is -2.40. The van der Waals surface area contributed by atoms with E-state index in [1.807, 2.05) is 18.2 Å². The van der Waals surface area contributed by atoms with Crippen molar-refractivity contribution < 1.29 is 9.66 Å². The van der Waals surface area contributed by atoms with Crippen molar-refractivity contribution in [3.63, 3.8) is 0 Å². The molecule has 0 saturated carbocycles. The molecule has 0 radical (unpaired) electrons. The first-order chi connectivity index (χ1) is 10.2. The fraction of sp³-hybridized carbons (Fsp3) is 0.250. The quantitative estimate of drug-likeness (QED) is 0.366. The molecule has 2 aromatic rings. The summed E-state index contributed by atoms with van der Waals surface area (Å²) in [6.45, 7) is 0.888. The third-order valence-electron chi connectivity index (χ3n) is 3.22. The Balaban J connectivity index is 1.79. The number of anilines is 1. The van der Waals surface area contributed by atoms with E-state index in [1.165, 1.54) is 11.6 Å². The van der Waals surface area contributed by atoms with E-state index in [0.29, 0.717) is 18.8 Å². The van der Waals surface area contributed by atoms with Crippen LogP contribution in [0.4, 0.5) is 11.4 Å². The Bertz CT molecular complexity index is 600. The second-order valence-corrected chi connectivity index (χ2v) is 4.75.